The van der Waals surface area contributed by atoms with Gasteiger partial charge in [0.25, 0.3) is 0 Å². The number of rotatable bonds is 6. The minimum atomic E-state index is -0.0965. The molecule has 0 saturated heterocycles. The van der Waals surface area contributed by atoms with Crippen LogP contribution in [0.2, 0.25) is 0 Å². The molecule has 0 fully saturated rings. The van der Waals surface area contributed by atoms with Crippen LogP contribution in [0.15, 0.2) is 42.0 Å². The molecule has 1 aromatic rings. The maximum Gasteiger partial charge on any atom is 0.244 e. The van der Waals surface area contributed by atoms with Crippen molar-refractivity contribution in [2.45, 2.75) is 39.0 Å². The van der Waals surface area contributed by atoms with Crippen LogP contribution in [0, 0.1) is 0 Å². The van der Waals surface area contributed by atoms with Gasteiger partial charge in [-0.05, 0) is 55.9 Å². The van der Waals surface area contributed by atoms with Crippen molar-refractivity contribution in [1.82, 2.24) is 5.32 Å². The van der Waals surface area contributed by atoms with Gasteiger partial charge in [0, 0.05) is 25.2 Å². The fraction of sp³-hybridized carbons (Fsp3) is 0.368. The molecule has 0 bridgehead atoms. The Kier molecular flexibility index (Phi) is 6.60. The van der Waals surface area contributed by atoms with Gasteiger partial charge in [-0.1, -0.05) is 23.8 Å². The number of hydrogen-bond donors (Lipinski definition) is 2. The molecular formula is C19H24N2O2. The van der Waals surface area contributed by atoms with Crippen LogP contribution in [0.5, 0.6) is 0 Å². The largest absolute Gasteiger partial charge is 0.352 e. The fourth-order valence-electron chi connectivity index (χ4n) is 2.59. The number of hydrogen-bond acceptors (Lipinski definition) is 2. The van der Waals surface area contributed by atoms with Gasteiger partial charge in [-0.3, -0.25) is 9.59 Å². The van der Waals surface area contributed by atoms with Crippen LogP contribution < -0.4 is 10.6 Å². The molecule has 2 rings (SSSR count). The molecule has 2 amide bonds. The zero-order valence-corrected chi connectivity index (χ0v) is 13.6. The predicted molar refractivity (Wildman–Crippen MR) is 94.0 cm³/mol. The van der Waals surface area contributed by atoms with Gasteiger partial charge in [0.05, 0.1) is 0 Å². The van der Waals surface area contributed by atoms with Crippen molar-refractivity contribution in [3.63, 3.8) is 0 Å². The van der Waals surface area contributed by atoms with Crippen molar-refractivity contribution in [1.29, 1.82) is 0 Å². The van der Waals surface area contributed by atoms with Gasteiger partial charge in [0.1, 0.15) is 0 Å². The first-order valence-corrected chi connectivity index (χ1v) is 8.15. The zero-order valence-electron chi connectivity index (χ0n) is 13.6. The summed E-state index contributed by atoms with van der Waals surface area (Å²) in [5.41, 5.74) is 3.14. The maximum atomic E-state index is 11.8. The third kappa shape index (κ3) is 6.51. The van der Waals surface area contributed by atoms with E-state index >= 15 is 0 Å². The Morgan fingerprint density at radius 1 is 1.17 bits per heavy atom. The Morgan fingerprint density at radius 3 is 2.61 bits per heavy atom. The molecule has 0 atom stereocenters. The van der Waals surface area contributed by atoms with Gasteiger partial charge < -0.3 is 10.6 Å². The van der Waals surface area contributed by atoms with Gasteiger partial charge in [-0.2, -0.15) is 0 Å². The molecule has 0 saturated carbocycles. The summed E-state index contributed by atoms with van der Waals surface area (Å²) < 4.78 is 0. The van der Waals surface area contributed by atoms with Crippen molar-refractivity contribution in [2.24, 2.45) is 0 Å². The van der Waals surface area contributed by atoms with E-state index in [1.165, 1.54) is 38.2 Å². The second kappa shape index (κ2) is 8.93. The van der Waals surface area contributed by atoms with E-state index in [4.69, 9.17) is 0 Å². The molecule has 0 radical (unpaired) electrons. The molecule has 0 spiro atoms. The van der Waals surface area contributed by atoms with E-state index < -0.39 is 0 Å². The average Bonchev–Trinajstić information content (AvgIpc) is 2.55. The Labute approximate surface area is 137 Å². The molecule has 0 aliphatic heterocycles. The number of nitrogens with one attached hydrogen (secondary N) is 2. The van der Waals surface area contributed by atoms with E-state index in [0.717, 1.165) is 17.7 Å². The number of benzene rings is 1. The van der Waals surface area contributed by atoms with Crippen molar-refractivity contribution in [3.05, 3.63) is 47.6 Å². The van der Waals surface area contributed by atoms with Crippen LogP contribution in [-0.4, -0.2) is 18.4 Å². The van der Waals surface area contributed by atoms with E-state index in [-0.39, 0.29) is 11.8 Å². The van der Waals surface area contributed by atoms with Crippen LogP contribution in [0.1, 0.15) is 44.6 Å². The quantitative estimate of drug-likeness (QED) is 0.622. The molecule has 23 heavy (non-hydrogen) atoms. The minimum absolute atomic E-state index is 0.0765. The lowest BCUT2D eigenvalue weighted by atomic mass is 9.97. The van der Waals surface area contributed by atoms with Gasteiger partial charge in [0.15, 0.2) is 0 Å². The second-order valence-corrected chi connectivity index (χ2v) is 5.79. The fourth-order valence-corrected chi connectivity index (χ4v) is 2.59. The van der Waals surface area contributed by atoms with Crippen molar-refractivity contribution in [2.75, 3.05) is 11.9 Å². The first kappa shape index (κ1) is 17.0. The van der Waals surface area contributed by atoms with Crippen LogP contribution in [0.25, 0.3) is 6.08 Å². The predicted octanol–water partition coefficient (Wildman–Crippen LogP) is 3.66. The molecule has 1 aliphatic rings. The van der Waals surface area contributed by atoms with Gasteiger partial charge >= 0.3 is 0 Å². The highest BCUT2D eigenvalue weighted by atomic mass is 16.2. The van der Waals surface area contributed by atoms with Crippen LogP contribution >= 0.6 is 0 Å². The van der Waals surface area contributed by atoms with E-state index in [1.807, 2.05) is 24.3 Å². The van der Waals surface area contributed by atoms with Crippen LogP contribution in [0.4, 0.5) is 5.69 Å². The molecule has 1 aliphatic carbocycles. The Morgan fingerprint density at radius 2 is 1.96 bits per heavy atom. The topological polar surface area (TPSA) is 58.2 Å². The Bertz CT molecular complexity index is 600. The molecule has 4 nitrogen and oxygen atoms in total. The van der Waals surface area contributed by atoms with E-state index in [0.29, 0.717) is 6.54 Å². The lowest BCUT2D eigenvalue weighted by Crippen LogP contribution is -2.22. The molecule has 0 heterocycles. The standard InChI is InChI=1S/C19H24N2O2/c1-15(22)21-18-10-7-17(8-11-18)9-12-19(23)20-14-13-16-5-3-2-4-6-16/h5,7-12H,2-4,6,13-14H2,1H3,(H,20,23)(H,21,22)/b12-9+. The summed E-state index contributed by atoms with van der Waals surface area (Å²) in [5.74, 6) is -0.173. The molecule has 1 aromatic carbocycles. The highest BCUT2D eigenvalue weighted by Crippen LogP contribution is 2.19. The van der Waals surface area contributed by atoms with Gasteiger partial charge in [-0.15, -0.1) is 0 Å². The number of carbonyl (C=O) groups excluding carboxylic acids is 2. The number of anilines is 1. The summed E-state index contributed by atoms with van der Waals surface area (Å²) in [4.78, 5) is 22.7. The highest BCUT2D eigenvalue weighted by molar-refractivity contribution is 5.92. The molecule has 0 unspecified atom stereocenters. The first-order valence-electron chi connectivity index (χ1n) is 8.15. The van der Waals surface area contributed by atoms with Crippen LogP contribution in [-0.2, 0) is 9.59 Å². The Balaban J connectivity index is 1.74. The first-order chi connectivity index (χ1) is 11.1. The zero-order chi connectivity index (χ0) is 16.5. The van der Waals surface area contributed by atoms with Crippen LogP contribution in [0.3, 0.4) is 0 Å². The lowest BCUT2D eigenvalue weighted by molar-refractivity contribution is -0.116. The number of amides is 2. The smallest absolute Gasteiger partial charge is 0.244 e. The van der Waals surface area contributed by atoms with Crippen molar-refractivity contribution >= 4 is 23.6 Å². The molecule has 4 heteroatoms. The van der Waals surface area contributed by atoms with Crippen molar-refractivity contribution in [3.8, 4) is 0 Å². The third-order valence-electron chi connectivity index (χ3n) is 3.79. The van der Waals surface area contributed by atoms with E-state index in [9.17, 15) is 9.59 Å². The third-order valence-corrected chi connectivity index (χ3v) is 3.79. The number of allylic oxidation sites excluding steroid dienone is 1. The van der Waals surface area contributed by atoms with E-state index in [2.05, 4.69) is 16.7 Å². The molecule has 2 N–H and O–H groups in total. The summed E-state index contributed by atoms with van der Waals surface area (Å²) in [6.45, 7) is 2.16. The SMILES string of the molecule is CC(=O)Nc1ccc(/C=C/C(=O)NCCC2=CCCCC2)cc1. The van der Waals surface area contributed by atoms with Gasteiger partial charge in [-0.25, -0.2) is 0 Å². The summed E-state index contributed by atoms with van der Waals surface area (Å²) in [5, 5.41) is 5.62. The Hall–Kier alpha value is -2.36. The normalized spacial score (nSPS) is 14.4. The van der Waals surface area contributed by atoms with Crippen molar-refractivity contribution < 1.29 is 9.59 Å². The highest BCUT2D eigenvalue weighted by Gasteiger charge is 2.03. The van der Waals surface area contributed by atoms with E-state index in [1.54, 1.807) is 12.2 Å². The number of carbonyl (C=O) groups is 2. The molecule has 0 aromatic heterocycles. The maximum absolute atomic E-state index is 11.8. The minimum Gasteiger partial charge on any atom is -0.352 e. The lowest BCUT2D eigenvalue weighted by Gasteiger charge is -2.12. The molecular weight excluding hydrogens is 288 g/mol. The average molecular weight is 312 g/mol. The van der Waals surface area contributed by atoms with Gasteiger partial charge in [0.2, 0.25) is 11.8 Å². The summed E-state index contributed by atoms with van der Waals surface area (Å²) in [6, 6.07) is 7.35. The monoisotopic (exact) mass is 312 g/mol. The summed E-state index contributed by atoms with van der Waals surface area (Å²) in [7, 11) is 0. The molecule has 122 valence electrons. The second-order valence-electron chi connectivity index (χ2n) is 5.79. The summed E-state index contributed by atoms with van der Waals surface area (Å²) >= 11 is 0. The summed E-state index contributed by atoms with van der Waals surface area (Å²) in [6.07, 6.45) is 11.5.